The van der Waals surface area contributed by atoms with Crippen molar-refractivity contribution < 1.29 is 37.6 Å². The van der Waals surface area contributed by atoms with E-state index >= 15 is 0 Å². The van der Waals surface area contributed by atoms with Crippen molar-refractivity contribution >= 4 is 7.82 Å². The Bertz CT molecular complexity index is 553. The van der Waals surface area contributed by atoms with Crippen molar-refractivity contribution in [3.63, 3.8) is 0 Å². The fourth-order valence-electron chi connectivity index (χ4n) is 4.49. The molecule has 2 N–H and O–H groups in total. The Balaban J connectivity index is 3.95. The number of phosphoric acid groups is 1. The molecule has 0 aliphatic heterocycles. The largest absolute Gasteiger partial charge is 0.469 e. The van der Waals surface area contributed by atoms with Gasteiger partial charge in [0.25, 0.3) is 0 Å². The first-order chi connectivity index (χ1) is 17.5. The van der Waals surface area contributed by atoms with E-state index in [4.69, 9.17) is 28.5 Å². The Morgan fingerprint density at radius 1 is 0.676 bits per heavy atom. The van der Waals surface area contributed by atoms with Crippen LogP contribution >= 0.6 is 7.82 Å². The van der Waals surface area contributed by atoms with Crippen molar-refractivity contribution in [3.8, 4) is 0 Å². The van der Waals surface area contributed by atoms with E-state index in [0.29, 0.717) is 24.1 Å². The molecule has 224 valence electrons. The molecule has 0 saturated carbocycles. The predicted octanol–water partition coefficient (Wildman–Crippen LogP) is 6.48. The number of hydrogen-bond donors (Lipinski definition) is 2. The van der Waals surface area contributed by atoms with E-state index in [1.165, 1.54) is 83.5 Å². The summed E-state index contributed by atoms with van der Waals surface area (Å²) in [6.45, 7) is 3.15. The molecule has 0 saturated heterocycles. The van der Waals surface area contributed by atoms with E-state index in [0.717, 1.165) is 12.8 Å². The fourth-order valence-corrected chi connectivity index (χ4v) is 4.86. The summed E-state index contributed by atoms with van der Waals surface area (Å²) in [6, 6.07) is -0.144. The summed E-state index contributed by atoms with van der Waals surface area (Å²) in [4.78, 5) is 18.1. The van der Waals surface area contributed by atoms with Crippen LogP contribution in [-0.4, -0.2) is 87.7 Å². The molecule has 37 heavy (non-hydrogen) atoms. The molecule has 0 spiro atoms. The molecule has 0 fully saturated rings. The van der Waals surface area contributed by atoms with Crippen LogP contribution in [0.25, 0.3) is 0 Å². The lowest BCUT2D eigenvalue weighted by Crippen LogP contribution is -2.49. The molecule has 0 aromatic heterocycles. The number of likely N-dealkylation sites (N-methyl/N-ethyl adjacent to an activating group) is 1. The summed E-state index contributed by atoms with van der Waals surface area (Å²) in [5.41, 5.74) is 0. The van der Waals surface area contributed by atoms with Crippen molar-refractivity contribution in [3.05, 3.63) is 0 Å². The van der Waals surface area contributed by atoms with Crippen molar-refractivity contribution in [1.29, 1.82) is 0 Å². The molecule has 0 rings (SSSR count). The average molecular weight is 555 g/mol. The zero-order valence-corrected chi connectivity index (χ0v) is 25.9. The molecule has 9 heteroatoms. The van der Waals surface area contributed by atoms with E-state index in [9.17, 15) is 4.57 Å². The van der Waals surface area contributed by atoms with Gasteiger partial charge in [0, 0.05) is 20.6 Å². The van der Waals surface area contributed by atoms with Crippen LogP contribution in [0, 0.1) is 0 Å². The molecule has 0 heterocycles. The lowest BCUT2D eigenvalue weighted by Gasteiger charge is -2.35. The monoisotopic (exact) mass is 554 g/mol. The molecule has 3 atom stereocenters. The predicted molar refractivity (Wildman–Crippen MR) is 152 cm³/mol. The summed E-state index contributed by atoms with van der Waals surface area (Å²) < 4.78 is 33.5. The zero-order valence-electron chi connectivity index (χ0n) is 25.0. The van der Waals surface area contributed by atoms with Crippen LogP contribution in [0.5, 0.6) is 0 Å². The highest BCUT2D eigenvalue weighted by Crippen LogP contribution is 2.36. The molecule has 0 aromatic rings. The first-order valence-corrected chi connectivity index (χ1v) is 16.2. The molecule has 0 radical (unpaired) electrons. The lowest BCUT2D eigenvalue weighted by atomic mass is 10.0. The van der Waals surface area contributed by atoms with Gasteiger partial charge in [0.1, 0.15) is 12.6 Å². The Kier molecular flexibility index (Phi) is 22.7. The third-order valence-electron chi connectivity index (χ3n) is 7.22. The first kappa shape index (κ1) is 37.0. The lowest BCUT2D eigenvalue weighted by molar-refractivity contribution is -0.897. The van der Waals surface area contributed by atoms with Crippen molar-refractivity contribution in [2.75, 3.05) is 55.2 Å². The van der Waals surface area contributed by atoms with Crippen LogP contribution in [-0.2, 0) is 23.3 Å². The highest BCUT2D eigenvalue weighted by Gasteiger charge is 2.30. The quantitative estimate of drug-likeness (QED) is 0.0682. The molecular formula is C28H61NO7P+. The van der Waals surface area contributed by atoms with Crippen LogP contribution in [0.15, 0.2) is 0 Å². The van der Waals surface area contributed by atoms with E-state index < -0.39 is 7.82 Å². The molecule has 0 aliphatic rings. The van der Waals surface area contributed by atoms with Gasteiger partial charge in [0.05, 0.1) is 46.6 Å². The summed E-state index contributed by atoms with van der Waals surface area (Å²) in [6.07, 6.45) is 20.4. The standard InChI is InChI=1S/C28H60NO7P/c1-7-8-9-10-11-12-13-14-15-16-17-18-19-20-21-27(33-5)24-35-25-28(34-6)22-26(29(2,3)4)23-36-37(30,31)32/h26-28H,7-25H2,1-6H3,(H-,30,31,32)/p+1. The van der Waals surface area contributed by atoms with E-state index in [1.807, 2.05) is 21.1 Å². The second-order valence-corrected chi connectivity index (χ2v) is 12.7. The Hall–Kier alpha value is -0.0500. The SMILES string of the molecule is CCCCCCCCCCCCCCCCC(COCC(CC(COP(=O)(O)O)[N+](C)(C)C)OC)OC. The highest BCUT2D eigenvalue weighted by atomic mass is 31.2. The number of nitrogens with zero attached hydrogens (tertiary/aromatic N) is 1. The Morgan fingerprint density at radius 2 is 1.11 bits per heavy atom. The van der Waals surface area contributed by atoms with Crippen LogP contribution in [0.2, 0.25) is 0 Å². The van der Waals surface area contributed by atoms with Gasteiger partial charge >= 0.3 is 7.82 Å². The van der Waals surface area contributed by atoms with Gasteiger partial charge in [-0.15, -0.1) is 0 Å². The number of phosphoric ester groups is 1. The summed E-state index contributed by atoms with van der Waals surface area (Å²) in [5, 5.41) is 0. The minimum absolute atomic E-state index is 0.0482. The first-order valence-electron chi connectivity index (χ1n) is 14.7. The molecule has 0 aromatic carbocycles. The third kappa shape index (κ3) is 23.5. The summed E-state index contributed by atoms with van der Waals surface area (Å²) in [5.74, 6) is 0. The third-order valence-corrected chi connectivity index (χ3v) is 7.70. The van der Waals surface area contributed by atoms with Gasteiger partial charge in [-0.05, 0) is 6.42 Å². The normalized spacial score (nSPS) is 15.1. The van der Waals surface area contributed by atoms with Crippen LogP contribution in [0.1, 0.15) is 110 Å². The molecule has 0 aliphatic carbocycles. The van der Waals surface area contributed by atoms with E-state index in [2.05, 4.69) is 6.92 Å². The summed E-state index contributed by atoms with van der Waals surface area (Å²) in [7, 11) is 4.77. The number of hydrogen-bond acceptors (Lipinski definition) is 5. The number of ether oxygens (including phenoxy) is 3. The maximum absolute atomic E-state index is 11.1. The second kappa shape index (κ2) is 22.7. The van der Waals surface area contributed by atoms with Gasteiger partial charge in [-0.1, -0.05) is 96.8 Å². The molecule has 0 bridgehead atoms. The van der Waals surface area contributed by atoms with Crippen LogP contribution in [0.3, 0.4) is 0 Å². The number of methoxy groups -OCH3 is 2. The van der Waals surface area contributed by atoms with E-state index in [-0.39, 0.29) is 24.9 Å². The van der Waals surface area contributed by atoms with Crippen LogP contribution in [0.4, 0.5) is 0 Å². The number of quaternary nitrogens is 1. The minimum Gasteiger partial charge on any atom is -0.379 e. The van der Waals surface area contributed by atoms with Gasteiger partial charge in [0.15, 0.2) is 0 Å². The van der Waals surface area contributed by atoms with E-state index in [1.54, 1.807) is 14.2 Å². The van der Waals surface area contributed by atoms with Crippen molar-refractivity contribution in [2.24, 2.45) is 0 Å². The Labute approximate surface area is 228 Å². The van der Waals surface area contributed by atoms with Crippen LogP contribution < -0.4 is 0 Å². The fraction of sp³-hybridized carbons (Fsp3) is 1.00. The molecular weight excluding hydrogens is 493 g/mol. The average Bonchev–Trinajstić information content (AvgIpc) is 2.82. The molecule has 0 amide bonds. The van der Waals surface area contributed by atoms with Gasteiger partial charge in [-0.3, -0.25) is 4.52 Å². The van der Waals surface area contributed by atoms with Gasteiger partial charge in [-0.2, -0.15) is 0 Å². The topological polar surface area (TPSA) is 94.5 Å². The molecule has 3 unspecified atom stereocenters. The van der Waals surface area contributed by atoms with Gasteiger partial charge in [-0.25, -0.2) is 4.57 Å². The highest BCUT2D eigenvalue weighted by molar-refractivity contribution is 7.46. The number of unbranched alkanes of at least 4 members (excludes halogenated alkanes) is 13. The maximum Gasteiger partial charge on any atom is 0.469 e. The minimum atomic E-state index is -4.51. The van der Waals surface area contributed by atoms with Gasteiger partial charge in [0.2, 0.25) is 0 Å². The molecule has 8 nitrogen and oxygen atoms in total. The van der Waals surface area contributed by atoms with Crippen molar-refractivity contribution in [1.82, 2.24) is 0 Å². The summed E-state index contributed by atoms with van der Waals surface area (Å²) >= 11 is 0. The smallest absolute Gasteiger partial charge is 0.379 e. The zero-order chi connectivity index (χ0) is 28.0. The maximum atomic E-state index is 11.1. The number of rotatable bonds is 27. The van der Waals surface area contributed by atoms with Crippen molar-refractivity contribution in [2.45, 2.75) is 128 Å². The van der Waals surface area contributed by atoms with Gasteiger partial charge < -0.3 is 28.5 Å². The second-order valence-electron chi connectivity index (χ2n) is 11.4. The Morgan fingerprint density at radius 3 is 1.51 bits per heavy atom.